The number of amides is 1. The van der Waals surface area contributed by atoms with Crippen LogP contribution >= 0.6 is 12.6 Å². The van der Waals surface area contributed by atoms with Crippen molar-refractivity contribution in [2.75, 3.05) is 19.4 Å². The average molecular weight is 292 g/mol. The highest BCUT2D eigenvalue weighted by molar-refractivity contribution is 7.80. The summed E-state index contributed by atoms with van der Waals surface area (Å²) in [5.74, 6) is 1.83. The number of benzene rings is 1. The van der Waals surface area contributed by atoms with Crippen molar-refractivity contribution in [3.63, 3.8) is 0 Å². The van der Waals surface area contributed by atoms with Crippen LogP contribution in [0.3, 0.4) is 0 Å². The van der Waals surface area contributed by atoms with Gasteiger partial charge in [-0.25, -0.2) is 0 Å². The van der Waals surface area contributed by atoms with Crippen molar-refractivity contribution in [3.05, 3.63) is 29.8 Å². The molecule has 0 radical (unpaired) electrons. The molecule has 3 rings (SSSR count). The monoisotopic (exact) mass is 292 g/mol. The van der Waals surface area contributed by atoms with Crippen LogP contribution in [0.4, 0.5) is 0 Å². The molecule has 0 aromatic heterocycles. The van der Waals surface area contributed by atoms with Gasteiger partial charge < -0.3 is 10.1 Å². The van der Waals surface area contributed by atoms with Crippen molar-refractivity contribution in [2.24, 2.45) is 0 Å². The predicted octanol–water partition coefficient (Wildman–Crippen LogP) is 1.46. The minimum atomic E-state index is -0.0225. The summed E-state index contributed by atoms with van der Waals surface area (Å²) in [5.41, 5.74) is 1.24. The highest BCUT2D eigenvalue weighted by Crippen LogP contribution is 2.38. The number of carbonyl (C=O) groups is 1. The number of likely N-dealkylation sites (tertiary alicyclic amines) is 1. The van der Waals surface area contributed by atoms with Crippen LogP contribution in [0, 0.1) is 0 Å². The van der Waals surface area contributed by atoms with E-state index < -0.39 is 0 Å². The van der Waals surface area contributed by atoms with E-state index in [0.717, 1.165) is 31.0 Å². The van der Waals surface area contributed by atoms with E-state index in [0.29, 0.717) is 12.5 Å². The van der Waals surface area contributed by atoms with Crippen LogP contribution in [0.1, 0.15) is 18.4 Å². The molecule has 2 saturated heterocycles. The van der Waals surface area contributed by atoms with Crippen LogP contribution in [0.2, 0.25) is 0 Å². The Morgan fingerprint density at radius 1 is 1.45 bits per heavy atom. The fourth-order valence-electron chi connectivity index (χ4n) is 3.34. The topological polar surface area (TPSA) is 41.6 Å². The largest absolute Gasteiger partial charge is 0.497 e. The second-order valence-electron chi connectivity index (χ2n) is 5.66. The van der Waals surface area contributed by atoms with Gasteiger partial charge in [0.15, 0.2) is 0 Å². The van der Waals surface area contributed by atoms with Crippen LogP contribution in [0.15, 0.2) is 24.3 Å². The summed E-state index contributed by atoms with van der Waals surface area (Å²) in [4.78, 5) is 13.9. The second kappa shape index (κ2) is 5.30. The molecule has 1 spiro atoms. The maximum absolute atomic E-state index is 11.5. The lowest BCUT2D eigenvalue weighted by molar-refractivity contribution is -0.121. The molecule has 108 valence electrons. The number of carbonyl (C=O) groups excluding carboxylic acids is 1. The molecule has 2 heterocycles. The van der Waals surface area contributed by atoms with Crippen molar-refractivity contribution < 1.29 is 9.53 Å². The lowest BCUT2D eigenvalue weighted by Gasteiger charge is -2.55. The Balaban J connectivity index is 1.65. The van der Waals surface area contributed by atoms with Crippen molar-refractivity contribution >= 4 is 18.5 Å². The number of rotatable bonds is 4. The first-order valence-electron chi connectivity index (χ1n) is 6.96. The zero-order valence-electron chi connectivity index (χ0n) is 11.6. The maximum atomic E-state index is 11.5. The molecule has 1 N–H and O–H groups in total. The molecule has 2 aliphatic rings. The molecule has 20 heavy (non-hydrogen) atoms. The van der Waals surface area contributed by atoms with Gasteiger partial charge in [0.2, 0.25) is 5.91 Å². The van der Waals surface area contributed by atoms with E-state index in [-0.39, 0.29) is 11.4 Å². The van der Waals surface area contributed by atoms with Gasteiger partial charge in [-0.1, -0.05) is 12.1 Å². The molecule has 1 aromatic rings. The van der Waals surface area contributed by atoms with Gasteiger partial charge in [-0.05, 0) is 24.1 Å². The van der Waals surface area contributed by atoms with Gasteiger partial charge in [-0.15, -0.1) is 0 Å². The summed E-state index contributed by atoms with van der Waals surface area (Å²) in [6.45, 7) is 1.82. The van der Waals surface area contributed by atoms with Gasteiger partial charge in [0.05, 0.1) is 12.6 Å². The van der Waals surface area contributed by atoms with Crippen LogP contribution in [-0.4, -0.2) is 41.8 Å². The first-order valence-corrected chi connectivity index (χ1v) is 7.59. The van der Waals surface area contributed by atoms with Crippen LogP contribution in [-0.2, 0) is 11.3 Å². The molecule has 2 atom stereocenters. The molecule has 0 bridgehead atoms. The normalized spacial score (nSPS) is 29.3. The van der Waals surface area contributed by atoms with E-state index in [1.807, 2.05) is 12.1 Å². The average Bonchev–Trinajstić information content (AvgIpc) is 2.83. The third-order valence-electron chi connectivity index (χ3n) is 4.47. The number of thiol groups is 1. The summed E-state index contributed by atoms with van der Waals surface area (Å²) in [7, 11) is 1.67. The first kappa shape index (κ1) is 13.8. The van der Waals surface area contributed by atoms with E-state index in [1.165, 1.54) is 5.56 Å². The molecule has 5 heteroatoms. The SMILES string of the molecule is COc1ccc(CN2CC3(CCC(=O)N3)C2CS)cc1. The van der Waals surface area contributed by atoms with Gasteiger partial charge in [0, 0.05) is 31.3 Å². The van der Waals surface area contributed by atoms with Gasteiger partial charge in [0.25, 0.3) is 0 Å². The third-order valence-corrected chi connectivity index (χ3v) is 4.81. The van der Waals surface area contributed by atoms with E-state index >= 15 is 0 Å². The van der Waals surface area contributed by atoms with Crippen LogP contribution in [0.5, 0.6) is 5.75 Å². The van der Waals surface area contributed by atoms with E-state index in [4.69, 9.17) is 4.74 Å². The summed E-state index contributed by atoms with van der Waals surface area (Å²) in [5, 5.41) is 3.15. The van der Waals surface area contributed by atoms with Crippen LogP contribution < -0.4 is 10.1 Å². The van der Waals surface area contributed by atoms with Gasteiger partial charge in [0.1, 0.15) is 5.75 Å². The number of hydrogen-bond donors (Lipinski definition) is 2. The Hall–Kier alpha value is -1.20. The fraction of sp³-hybridized carbons (Fsp3) is 0.533. The number of nitrogens with one attached hydrogen (secondary N) is 1. The number of hydrogen-bond acceptors (Lipinski definition) is 4. The lowest BCUT2D eigenvalue weighted by atomic mass is 9.79. The van der Waals surface area contributed by atoms with Crippen LogP contribution in [0.25, 0.3) is 0 Å². The molecular weight excluding hydrogens is 272 g/mol. The summed E-state index contributed by atoms with van der Waals surface area (Å²) in [6.07, 6.45) is 1.59. The minimum absolute atomic E-state index is 0.0225. The molecule has 1 aromatic carbocycles. The molecule has 0 saturated carbocycles. The van der Waals surface area contributed by atoms with E-state index in [9.17, 15) is 4.79 Å². The molecule has 2 unspecified atom stereocenters. The quantitative estimate of drug-likeness (QED) is 0.826. The highest BCUT2D eigenvalue weighted by Gasteiger charge is 2.54. The Kier molecular flexibility index (Phi) is 3.65. The number of nitrogens with zero attached hydrogens (tertiary/aromatic N) is 1. The predicted molar refractivity (Wildman–Crippen MR) is 81.2 cm³/mol. The summed E-state index contributed by atoms with van der Waals surface area (Å²) >= 11 is 4.47. The third kappa shape index (κ3) is 2.29. The van der Waals surface area contributed by atoms with Gasteiger partial charge in [-0.2, -0.15) is 12.6 Å². The maximum Gasteiger partial charge on any atom is 0.220 e. The molecule has 4 nitrogen and oxygen atoms in total. The number of ether oxygens (including phenoxy) is 1. The lowest BCUT2D eigenvalue weighted by Crippen LogP contribution is -2.74. The summed E-state index contributed by atoms with van der Waals surface area (Å²) < 4.78 is 5.17. The molecule has 2 aliphatic heterocycles. The smallest absolute Gasteiger partial charge is 0.220 e. The van der Waals surface area contributed by atoms with Crippen molar-refractivity contribution in [2.45, 2.75) is 31.0 Å². The Labute approximate surface area is 124 Å². The fourth-order valence-corrected chi connectivity index (χ4v) is 3.92. The van der Waals surface area contributed by atoms with Gasteiger partial charge in [-0.3, -0.25) is 9.69 Å². The zero-order chi connectivity index (χ0) is 14.2. The Morgan fingerprint density at radius 2 is 2.20 bits per heavy atom. The Bertz CT molecular complexity index is 505. The summed E-state index contributed by atoms with van der Waals surface area (Å²) in [6, 6.07) is 8.48. The van der Waals surface area contributed by atoms with Gasteiger partial charge >= 0.3 is 0 Å². The molecule has 2 fully saturated rings. The van der Waals surface area contributed by atoms with Crippen molar-refractivity contribution in [1.82, 2.24) is 10.2 Å². The van der Waals surface area contributed by atoms with E-state index in [1.54, 1.807) is 7.11 Å². The van der Waals surface area contributed by atoms with Crippen molar-refractivity contribution in [3.8, 4) is 5.75 Å². The molecule has 0 aliphatic carbocycles. The molecular formula is C15H20N2O2S. The Morgan fingerprint density at radius 3 is 2.75 bits per heavy atom. The molecule has 1 amide bonds. The van der Waals surface area contributed by atoms with Crippen molar-refractivity contribution in [1.29, 1.82) is 0 Å². The second-order valence-corrected chi connectivity index (χ2v) is 6.02. The minimum Gasteiger partial charge on any atom is -0.497 e. The first-order chi connectivity index (χ1) is 9.66. The number of methoxy groups -OCH3 is 1. The zero-order valence-corrected chi connectivity index (χ0v) is 12.5. The van der Waals surface area contributed by atoms with E-state index in [2.05, 4.69) is 35.0 Å². The highest BCUT2D eigenvalue weighted by atomic mass is 32.1. The standard InChI is InChI=1S/C15H20N2O2S/c1-19-12-4-2-11(3-5-12)8-17-10-15(13(17)9-20)7-6-14(18)16-15/h2-5,13,20H,6-10H2,1H3,(H,16,18).